The molecule has 1 fully saturated rings. The van der Waals surface area contributed by atoms with Gasteiger partial charge in [0.1, 0.15) is 0 Å². The molecule has 0 amide bonds. The Morgan fingerprint density at radius 1 is 1.07 bits per heavy atom. The van der Waals surface area contributed by atoms with Gasteiger partial charge >= 0.3 is 0 Å². The molecule has 0 aromatic heterocycles. The van der Waals surface area contributed by atoms with Crippen molar-refractivity contribution in [2.75, 3.05) is 13.6 Å². The van der Waals surface area contributed by atoms with Crippen LogP contribution in [0.2, 0.25) is 0 Å². The number of hydrogen-bond donors (Lipinski definition) is 2. The van der Waals surface area contributed by atoms with Crippen molar-refractivity contribution in [1.82, 2.24) is 4.90 Å². The lowest BCUT2D eigenvalue weighted by Gasteiger charge is -2.32. The second-order valence-electron chi connectivity index (χ2n) is 9.07. The topological polar surface area (TPSA) is 61.8 Å². The van der Waals surface area contributed by atoms with Gasteiger partial charge in [-0.2, -0.15) is 0 Å². The van der Waals surface area contributed by atoms with Crippen molar-refractivity contribution in [1.29, 1.82) is 0 Å². The third-order valence-electron chi connectivity index (χ3n) is 7.25. The number of aryl methyl sites for hydroxylation is 1. The fraction of sp³-hybridized carbons (Fsp3) is 0.346. The summed E-state index contributed by atoms with van der Waals surface area (Å²) in [6, 6.07) is 18.3. The maximum atomic E-state index is 8.96. The van der Waals surface area contributed by atoms with Crippen LogP contribution in [0.3, 0.4) is 0 Å². The molecule has 4 nitrogen and oxygen atoms in total. The van der Waals surface area contributed by atoms with Crippen LogP contribution in [0.5, 0.6) is 0 Å². The summed E-state index contributed by atoms with van der Waals surface area (Å²) in [6.45, 7) is 5.62. The van der Waals surface area contributed by atoms with Crippen molar-refractivity contribution < 1.29 is 5.21 Å². The van der Waals surface area contributed by atoms with E-state index >= 15 is 0 Å². The number of benzene rings is 3. The predicted octanol–water partition coefficient (Wildman–Crippen LogP) is 5.06. The second kappa shape index (κ2) is 7.13. The monoisotopic (exact) mass is 399 g/mol. The molecule has 3 atom stereocenters. The van der Waals surface area contributed by atoms with Gasteiger partial charge < -0.3 is 10.9 Å². The first-order chi connectivity index (χ1) is 14.5. The van der Waals surface area contributed by atoms with E-state index in [0.717, 1.165) is 23.9 Å². The lowest BCUT2D eigenvalue weighted by molar-refractivity contribution is 0.247. The molecule has 4 heteroatoms. The molecule has 3 unspecified atom stereocenters. The van der Waals surface area contributed by atoms with Crippen molar-refractivity contribution in [3.05, 3.63) is 81.9 Å². The normalized spacial score (nSPS) is 24.1. The van der Waals surface area contributed by atoms with Gasteiger partial charge in [-0.05, 0) is 90.2 Å². The molecule has 1 aliphatic carbocycles. The Kier molecular flexibility index (Phi) is 4.55. The third-order valence-corrected chi connectivity index (χ3v) is 7.25. The molecule has 2 aliphatic rings. The summed E-state index contributed by atoms with van der Waals surface area (Å²) in [4.78, 5) is 2.45. The van der Waals surface area contributed by atoms with Crippen molar-refractivity contribution in [2.24, 2.45) is 10.9 Å². The Morgan fingerprint density at radius 3 is 2.67 bits per heavy atom. The fourth-order valence-electron chi connectivity index (χ4n) is 5.12. The number of nitrogens with two attached hydrogens (primary N) is 1. The minimum absolute atomic E-state index is 0.148. The van der Waals surface area contributed by atoms with Gasteiger partial charge in [0.25, 0.3) is 0 Å². The van der Waals surface area contributed by atoms with E-state index in [1.54, 1.807) is 0 Å². The van der Waals surface area contributed by atoms with Gasteiger partial charge in [0, 0.05) is 18.2 Å². The predicted molar refractivity (Wildman–Crippen MR) is 122 cm³/mol. The van der Waals surface area contributed by atoms with Crippen molar-refractivity contribution in [2.45, 2.75) is 44.6 Å². The second-order valence-corrected chi connectivity index (χ2v) is 9.07. The van der Waals surface area contributed by atoms with Gasteiger partial charge in [0.15, 0.2) is 5.84 Å². The van der Waals surface area contributed by atoms with Crippen molar-refractivity contribution in [3.8, 4) is 0 Å². The largest absolute Gasteiger partial charge is 0.409 e. The standard InChI is InChI=1S/C26H29N3O/c1-15-10-21(11-18-6-7-20(13-22(15)18)26(27)28-30)25-14-24(25)19-5-4-17-8-9-29(3)16(2)23(17)12-19/h4-7,10-13,16,24-25,30H,8-9,14H2,1-3H3,(H2,27,28). The summed E-state index contributed by atoms with van der Waals surface area (Å²) >= 11 is 0. The SMILES string of the molecule is Cc1cc(C2CC2c2ccc3c(c2)C(C)N(C)CC3)cc2ccc(/C(N)=N\O)cc12. The zero-order chi connectivity index (χ0) is 21.0. The van der Waals surface area contributed by atoms with Crippen molar-refractivity contribution >= 4 is 16.6 Å². The number of hydrogen-bond acceptors (Lipinski definition) is 3. The van der Waals surface area contributed by atoms with E-state index in [2.05, 4.69) is 67.3 Å². The lowest BCUT2D eigenvalue weighted by Crippen LogP contribution is -2.30. The van der Waals surface area contributed by atoms with Crippen LogP contribution in [0.4, 0.5) is 0 Å². The first kappa shape index (κ1) is 19.1. The number of likely N-dealkylation sites (N-methyl/N-ethyl adjacent to an activating group) is 1. The minimum Gasteiger partial charge on any atom is -0.409 e. The molecule has 3 aromatic carbocycles. The Morgan fingerprint density at radius 2 is 1.87 bits per heavy atom. The van der Waals surface area contributed by atoms with Crippen molar-refractivity contribution in [3.63, 3.8) is 0 Å². The van der Waals surface area contributed by atoms with Crippen LogP contribution in [0.1, 0.15) is 64.6 Å². The average Bonchev–Trinajstić information content (AvgIpc) is 3.56. The molecule has 154 valence electrons. The molecule has 1 saturated carbocycles. The van der Waals surface area contributed by atoms with Gasteiger partial charge in [-0.15, -0.1) is 0 Å². The summed E-state index contributed by atoms with van der Waals surface area (Å²) in [5.74, 6) is 1.35. The van der Waals surface area contributed by atoms with Crippen LogP contribution in [0, 0.1) is 6.92 Å². The summed E-state index contributed by atoms with van der Waals surface area (Å²) in [5, 5.41) is 14.5. The van der Waals surface area contributed by atoms with E-state index in [9.17, 15) is 0 Å². The number of rotatable bonds is 3. The zero-order valence-corrected chi connectivity index (χ0v) is 17.9. The molecule has 0 bridgehead atoms. The quantitative estimate of drug-likeness (QED) is 0.280. The minimum atomic E-state index is 0.148. The van der Waals surface area contributed by atoms with Crippen LogP contribution >= 0.6 is 0 Å². The maximum Gasteiger partial charge on any atom is 0.170 e. The van der Waals surface area contributed by atoms with Gasteiger partial charge in [-0.25, -0.2) is 0 Å². The average molecular weight is 400 g/mol. The summed E-state index contributed by atoms with van der Waals surface area (Å²) < 4.78 is 0. The molecule has 3 N–H and O–H groups in total. The van der Waals surface area contributed by atoms with Crippen LogP contribution < -0.4 is 5.73 Å². The van der Waals surface area contributed by atoms with E-state index in [0.29, 0.717) is 17.9 Å². The molecule has 1 aliphatic heterocycles. The van der Waals surface area contributed by atoms with E-state index in [1.807, 2.05) is 12.1 Å². The molecular formula is C26H29N3O. The Bertz CT molecular complexity index is 1170. The smallest absolute Gasteiger partial charge is 0.170 e. The number of nitrogens with zero attached hydrogens (tertiary/aromatic N) is 2. The summed E-state index contributed by atoms with van der Waals surface area (Å²) in [7, 11) is 2.23. The first-order valence-electron chi connectivity index (χ1n) is 10.8. The molecule has 5 rings (SSSR count). The van der Waals surface area contributed by atoms with Crippen LogP contribution in [-0.4, -0.2) is 29.5 Å². The number of fused-ring (bicyclic) bond motifs is 2. The van der Waals surface area contributed by atoms with E-state index in [4.69, 9.17) is 10.9 Å². The number of oxime groups is 1. The van der Waals surface area contributed by atoms with Crippen LogP contribution in [-0.2, 0) is 6.42 Å². The zero-order valence-electron chi connectivity index (χ0n) is 17.9. The molecule has 3 aromatic rings. The van der Waals surface area contributed by atoms with Crippen LogP contribution in [0.25, 0.3) is 10.8 Å². The molecule has 0 saturated heterocycles. The Balaban J connectivity index is 1.44. The Hall–Kier alpha value is -2.85. The highest BCUT2D eigenvalue weighted by Crippen LogP contribution is 2.55. The fourth-order valence-corrected chi connectivity index (χ4v) is 5.12. The lowest BCUT2D eigenvalue weighted by atomic mass is 9.90. The Labute approximate surface area is 178 Å². The van der Waals surface area contributed by atoms with Crippen LogP contribution in [0.15, 0.2) is 53.7 Å². The van der Waals surface area contributed by atoms with Gasteiger partial charge in [0.05, 0.1) is 0 Å². The van der Waals surface area contributed by atoms with Gasteiger partial charge in [0.2, 0.25) is 0 Å². The summed E-state index contributed by atoms with van der Waals surface area (Å²) in [5.41, 5.74) is 13.7. The van der Waals surface area contributed by atoms with Gasteiger partial charge in [-0.1, -0.05) is 47.6 Å². The molecule has 0 spiro atoms. The molecule has 30 heavy (non-hydrogen) atoms. The molecule has 1 heterocycles. The highest BCUT2D eigenvalue weighted by molar-refractivity contribution is 6.01. The first-order valence-corrected chi connectivity index (χ1v) is 10.8. The third kappa shape index (κ3) is 3.16. The maximum absolute atomic E-state index is 8.96. The van der Waals surface area contributed by atoms with Gasteiger partial charge in [-0.3, -0.25) is 4.90 Å². The molecular weight excluding hydrogens is 370 g/mol. The molecule has 0 radical (unpaired) electrons. The van der Waals surface area contributed by atoms with E-state index in [1.165, 1.54) is 39.6 Å². The number of amidine groups is 1. The summed E-state index contributed by atoms with van der Waals surface area (Å²) in [6.07, 6.45) is 2.37. The van der Waals surface area contributed by atoms with E-state index in [-0.39, 0.29) is 5.84 Å². The van der Waals surface area contributed by atoms with E-state index < -0.39 is 0 Å². The highest BCUT2D eigenvalue weighted by atomic mass is 16.4. The highest BCUT2D eigenvalue weighted by Gasteiger charge is 2.40.